The highest BCUT2D eigenvalue weighted by atomic mass is 35.5. The van der Waals surface area contributed by atoms with Crippen LogP contribution in [0.5, 0.6) is 0 Å². The van der Waals surface area contributed by atoms with Crippen LogP contribution in [-0.2, 0) is 0 Å². The molecule has 0 saturated carbocycles. The van der Waals surface area contributed by atoms with Gasteiger partial charge < -0.3 is 5.73 Å². The molecule has 2 rings (SSSR count). The molecule has 1 unspecified atom stereocenters. The van der Waals surface area contributed by atoms with Crippen LogP contribution in [0.1, 0.15) is 17.0 Å². The van der Waals surface area contributed by atoms with E-state index >= 15 is 0 Å². The molecule has 0 radical (unpaired) electrons. The molecule has 1 atom stereocenters. The third kappa shape index (κ3) is 2.41. The van der Waals surface area contributed by atoms with E-state index in [1.807, 2.05) is 30.3 Å². The fraction of sp³-hybridized carbons (Fsp3) is 0.0714. The highest BCUT2D eigenvalue weighted by Gasteiger charge is 2.15. The summed E-state index contributed by atoms with van der Waals surface area (Å²) in [5, 5.41) is 9.92. The van der Waals surface area contributed by atoms with Crippen LogP contribution < -0.4 is 5.73 Å². The van der Waals surface area contributed by atoms with Gasteiger partial charge in [0, 0.05) is 10.7 Å². The predicted molar refractivity (Wildman–Crippen MR) is 69.8 cm³/mol. The van der Waals surface area contributed by atoms with Crippen molar-refractivity contribution in [3.05, 3.63) is 64.7 Å². The maximum absolute atomic E-state index is 9.30. The fourth-order valence-electron chi connectivity index (χ4n) is 1.78. The first-order valence-electron chi connectivity index (χ1n) is 5.22. The number of halogens is 1. The highest BCUT2D eigenvalue weighted by molar-refractivity contribution is 6.30. The van der Waals surface area contributed by atoms with Gasteiger partial charge >= 0.3 is 0 Å². The molecule has 0 heterocycles. The van der Waals surface area contributed by atoms with Crippen molar-refractivity contribution in [3.8, 4) is 6.07 Å². The van der Waals surface area contributed by atoms with Gasteiger partial charge in [-0.25, -0.2) is 0 Å². The molecule has 3 heteroatoms. The second-order valence-corrected chi connectivity index (χ2v) is 4.18. The van der Waals surface area contributed by atoms with Crippen LogP contribution in [-0.4, -0.2) is 0 Å². The summed E-state index contributed by atoms with van der Waals surface area (Å²) in [6, 6.07) is 16.9. The molecule has 2 nitrogen and oxygen atoms in total. The van der Waals surface area contributed by atoms with E-state index in [0.717, 1.165) is 11.1 Å². The Balaban J connectivity index is 2.49. The molecule has 0 aliphatic carbocycles. The van der Waals surface area contributed by atoms with Crippen molar-refractivity contribution in [2.45, 2.75) is 5.92 Å². The number of hydrogen-bond acceptors (Lipinski definition) is 2. The maximum Gasteiger partial charge on any atom is 0.0983 e. The Morgan fingerprint density at radius 3 is 2.53 bits per heavy atom. The monoisotopic (exact) mass is 242 g/mol. The van der Waals surface area contributed by atoms with Gasteiger partial charge in [-0.3, -0.25) is 0 Å². The summed E-state index contributed by atoms with van der Waals surface area (Å²) in [5.74, 6) is -0.380. The highest BCUT2D eigenvalue weighted by Crippen LogP contribution is 2.29. The lowest BCUT2D eigenvalue weighted by molar-refractivity contribution is 1.04. The Kier molecular flexibility index (Phi) is 3.32. The summed E-state index contributed by atoms with van der Waals surface area (Å²) in [6.07, 6.45) is 0. The van der Waals surface area contributed by atoms with E-state index in [2.05, 4.69) is 6.07 Å². The molecule has 17 heavy (non-hydrogen) atoms. The van der Waals surface area contributed by atoms with Crippen LogP contribution in [0.15, 0.2) is 48.5 Å². The van der Waals surface area contributed by atoms with Crippen molar-refractivity contribution in [1.82, 2.24) is 0 Å². The lowest BCUT2D eigenvalue weighted by Gasteiger charge is -2.12. The number of nitrogen functional groups attached to an aromatic ring is 1. The van der Waals surface area contributed by atoms with E-state index in [1.165, 1.54) is 0 Å². The number of nitrogens with two attached hydrogens (primary N) is 1. The molecule has 2 N–H and O–H groups in total. The van der Waals surface area contributed by atoms with E-state index in [9.17, 15) is 5.26 Å². The SMILES string of the molecule is N#CC(c1cccc(Cl)c1)c1ccccc1N. The Hall–Kier alpha value is -1.98. The minimum absolute atomic E-state index is 0.380. The standard InChI is InChI=1S/C14H11ClN2/c15-11-5-3-4-10(8-11)13(9-16)12-6-1-2-7-14(12)17/h1-8,13H,17H2. The Morgan fingerprint density at radius 2 is 1.88 bits per heavy atom. The van der Waals surface area contributed by atoms with Crippen LogP contribution in [0.3, 0.4) is 0 Å². The van der Waals surface area contributed by atoms with Gasteiger partial charge in [0.15, 0.2) is 0 Å². The molecular weight excluding hydrogens is 232 g/mol. The molecule has 84 valence electrons. The minimum atomic E-state index is -0.380. The summed E-state index contributed by atoms with van der Waals surface area (Å²) in [4.78, 5) is 0. The van der Waals surface area contributed by atoms with Crippen molar-refractivity contribution in [1.29, 1.82) is 5.26 Å². The van der Waals surface area contributed by atoms with Crippen LogP contribution >= 0.6 is 11.6 Å². The van der Waals surface area contributed by atoms with Crippen molar-refractivity contribution >= 4 is 17.3 Å². The smallest absolute Gasteiger partial charge is 0.0983 e. The Morgan fingerprint density at radius 1 is 1.12 bits per heavy atom. The summed E-state index contributed by atoms with van der Waals surface area (Å²) >= 11 is 5.93. The van der Waals surface area contributed by atoms with Crippen molar-refractivity contribution in [2.75, 3.05) is 5.73 Å². The molecule has 2 aromatic carbocycles. The normalized spacial score (nSPS) is 11.8. The number of para-hydroxylation sites is 1. The predicted octanol–water partition coefficient (Wildman–Crippen LogP) is 3.58. The molecule has 0 amide bonds. The number of nitriles is 1. The van der Waals surface area contributed by atoms with Gasteiger partial charge in [-0.1, -0.05) is 41.9 Å². The summed E-state index contributed by atoms with van der Waals surface area (Å²) in [7, 11) is 0. The molecule has 2 aromatic rings. The zero-order valence-corrected chi connectivity index (χ0v) is 9.85. The van der Waals surface area contributed by atoms with Crippen LogP contribution in [0.2, 0.25) is 5.02 Å². The zero-order chi connectivity index (χ0) is 12.3. The number of hydrogen-bond donors (Lipinski definition) is 1. The largest absolute Gasteiger partial charge is 0.398 e. The molecule has 0 spiro atoms. The van der Waals surface area contributed by atoms with E-state index in [4.69, 9.17) is 17.3 Å². The van der Waals surface area contributed by atoms with Crippen molar-refractivity contribution in [3.63, 3.8) is 0 Å². The second kappa shape index (κ2) is 4.90. The van der Waals surface area contributed by atoms with Gasteiger partial charge in [0.25, 0.3) is 0 Å². The topological polar surface area (TPSA) is 49.8 Å². The Labute approximate surface area is 105 Å². The third-order valence-electron chi connectivity index (χ3n) is 2.62. The average Bonchev–Trinajstić information content (AvgIpc) is 2.33. The molecule has 0 aliphatic heterocycles. The van der Waals surface area contributed by atoms with E-state index in [1.54, 1.807) is 18.2 Å². The van der Waals surface area contributed by atoms with Crippen LogP contribution in [0, 0.1) is 11.3 Å². The number of benzene rings is 2. The van der Waals surface area contributed by atoms with Gasteiger partial charge in [0.2, 0.25) is 0 Å². The molecule has 0 saturated heterocycles. The van der Waals surface area contributed by atoms with Gasteiger partial charge in [0.05, 0.1) is 12.0 Å². The fourth-order valence-corrected chi connectivity index (χ4v) is 1.98. The van der Waals surface area contributed by atoms with Gasteiger partial charge in [-0.05, 0) is 29.3 Å². The van der Waals surface area contributed by atoms with Gasteiger partial charge in [-0.15, -0.1) is 0 Å². The quantitative estimate of drug-likeness (QED) is 0.819. The lowest BCUT2D eigenvalue weighted by Crippen LogP contribution is -2.02. The minimum Gasteiger partial charge on any atom is -0.398 e. The zero-order valence-electron chi connectivity index (χ0n) is 9.10. The van der Waals surface area contributed by atoms with E-state index in [0.29, 0.717) is 10.7 Å². The van der Waals surface area contributed by atoms with Gasteiger partial charge in [-0.2, -0.15) is 5.26 Å². The lowest BCUT2D eigenvalue weighted by atomic mass is 9.91. The van der Waals surface area contributed by atoms with Crippen molar-refractivity contribution < 1.29 is 0 Å². The molecule has 0 bridgehead atoms. The number of nitrogens with zero attached hydrogens (tertiary/aromatic N) is 1. The second-order valence-electron chi connectivity index (χ2n) is 3.75. The summed E-state index contributed by atoms with van der Waals surface area (Å²) < 4.78 is 0. The Bertz CT molecular complexity index is 572. The first-order valence-corrected chi connectivity index (χ1v) is 5.59. The number of rotatable bonds is 2. The summed E-state index contributed by atoms with van der Waals surface area (Å²) in [5.41, 5.74) is 8.19. The first-order chi connectivity index (χ1) is 8.22. The van der Waals surface area contributed by atoms with Crippen LogP contribution in [0.25, 0.3) is 0 Å². The molecular formula is C14H11ClN2. The van der Waals surface area contributed by atoms with Crippen molar-refractivity contribution in [2.24, 2.45) is 0 Å². The van der Waals surface area contributed by atoms with E-state index in [-0.39, 0.29) is 5.92 Å². The van der Waals surface area contributed by atoms with Crippen LogP contribution in [0.4, 0.5) is 5.69 Å². The first kappa shape index (κ1) is 11.5. The molecule has 0 aliphatic rings. The maximum atomic E-state index is 9.30. The molecule has 0 fully saturated rings. The van der Waals surface area contributed by atoms with E-state index < -0.39 is 0 Å². The third-order valence-corrected chi connectivity index (χ3v) is 2.85. The average molecular weight is 243 g/mol. The summed E-state index contributed by atoms with van der Waals surface area (Å²) in [6.45, 7) is 0. The van der Waals surface area contributed by atoms with Gasteiger partial charge in [0.1, 0.15) is 0 Å². The molecule has 0 aromatic heterocycles. The number of anilines is 1.